The van der Waals surface area contributed by atoms with Gasteiger partial charge in [0.25, 0.3) is 15.9 Å². The quantitative estimate of drug-likeness (QED) is 0.914. The van der Waals surface area contributed by atoms with Crippen LogP contribution in [0.4, 0.5) is 5.69 Å². The number of hydrogen-bond donors (Lipinski definition) is 1. The van der Waals surface area contributed by atoms with Crippen LogP contribution < -0.4 is 5.32 Å². The van der Waals surface area contributed by atoms with Gasteiger partial charge >= 0.3 is 0 Å². The van der Waals surface area contributed by atoms with E-state index in [2.05, 4.69) is 5.32 Å². The van der Waals surface area contributed by atoms with Crippen LogP contribution in [0.3, 0.4) is 0 Å². The van der Waals surface area contributed by atoms with Crippen molar-refractivity contribution >= 4 is 27.5 Å². The normalized spacial score (nSPS) is 16.4. The summed E-state index contributed by atoms with van der Waals surface area (Å²) in [5.41, 5.74) is 2.60. The van der Waals surface area contributed by atoms with Crippen molar-refractivity contribution in [1.82, 2.24) is 4.31 Å². The lowest BCUT2D eigenvalue weighted by Gasteiger charge is -2.22. The van der Waals surface area contributed by atoms with Gasteiger partial charge < -0.3 is 5.32 Å². The fourth-order valence-corrected chi connectivity index (χ4v) is 4.71. The van der Waals surface area contributed by atoms with Gasteiger partial charge in [0.15, 0.2) is 0 Å². The number of fused-ring (bicyclic) bond motifs is 1. The van der Waals surface area contributed by atoms with Crippen LogP contribution in [0.2, 0.25) is 0 Å². The van der Waals surface area contributed by atoms with Crippen LogP contribution in [0.15, 0.2) is 47.4 Å². The second-order valence-electron chi connectivity index (χ2n) is 6.14. The lowest BCUT2D eigenvalue weighted by atomic mass is 10.1. The Kier molecular flexibility index (Phi) is 4.12. The summed E-state index contributed by atoms with van der Waals surface area (Å²) in [4.78, 5) is 25.0. The third kappa shape index (κ3) is 2.91. The van der Waals surface area contributed by atoms with Gasteiger partial charge in [-0.05, 0) is 56.2 Å². The van der Waals surface area contributed by atoms with Gasteiger partial charge in [-0.3, -0.25) is 9.59 Å². The van der Waals surface area contributed by atoms with Crippen LogP contribution in [0, 0.1) is 13.8 Å². The second kappa shape index (κ2) is 6.00. The molecule has 1 N–H and O–H groups in total. The molecule has 0 aromatic heterocycles. The van der Waals surface area contributed by atoms with Crippen LogP contribution in [0.5, 0.6) is 0 Å². The van der Waals surface area contributed by atoms with Crippen LogP contribution in [-0.4, -0.2) is 30.6 Å². The molecule has 2 aromatic carbocycles. The van der Waals surface area contributed by atoms with E-state index in [-0.39, 0.29) is 10.5 Å². The minimum Gasteiger partial charge on any atom is -0.324 e. The molecule has 2 amide bonds. The summed E-state index contributed by atoms with van der Waals surface area (Å²) in [7, 11) is -4.03. The van der Waals surface area contributed by atoms with Crippen molar-refractivity contribution in [1.29, 1.82) is 0 Å². The van der Waals surface area contributed by atoms with Gasteiger partial charge in [-0.2, -0.15) is 0 Å². The highest BCUT2D eigenvalue weighted by Crippen LogP contribution is 2.31. The zero-order valence-electron chi connectivity index (χ0n) is 14.1. The number of carbonyl (C=O) groups excluding carboxylic acids is 2. The standard InChI is InChI=1S/C18H18N2O4S/c1-11-8-12(2)10-14(9-11)19-17(21)13(3)20-18(22)15-6-4-5-7-16(15)25(20,23)24/h4-10,13H,1-3H3,(H,19,21). The Morgan fingerprint density at radius 3 is 2.28 bits per heavy atom. The largest absolute Gasteiger partial charge is 0.324 e. The third-order valence-electron chi connectivity index (χ3n) is 4.07. The molecule has 130 valence electrons. The molecule has 7 heteroatoms. The van der Waals surface area contributed by atoms with Crippen LogP contribution in [-0.2, 0) is 14.8 Å². The van der Waals surface area contributed by atoms with E-state index in [4.69, 9.17) is 0 Å². The predicted octanol–water partition coefficient (Wildman–Crippen LogP) is 2.48. The van der Waals surface area contributed by atoms with E-state index in [1.807, 2.05) is 19.9 Å². The number of sulfonamides is 1. The van der Waals surface area contributed by atoms with Gasteiger partial charge in [0.05, 0.1) is 5.56 Å². The highest BCUT2D eigenvalue weighted by atomic mass is 32.2. The fraction of sp³-hybridized carbons (Fsp3) is 0.222. The van der Waals surface area contributed by atoms with Gasteiger partial charge in [0.1, 0.15) is 10.9 Å². The Balaban J connectivity index is 1.89. The van der Waals surface area contributed by atoms with Crippen LogP contribution >= 0.6 is 0 Å². The molecule has 1 atom stereocenters. The first-order chi connectivity index (χ1) is 11.7. The van der Waals surface area contributed by atoms with Crippen molar-refractivity contribution in [3.05, 3.63) is 59.2 Å². The van der Waals surface area contributed by atoms with Gasteiger partial charge in [0, 0.05) is 5.69 Å². The van der Waals surface area contributed by atoms with Crippen molar-refractivity contribution in [2.75, 3.05) is 5.32 Å². The molecule has 2 aromatic rings. The van der Waals surface area contributed by atoms with E-state index >= 15 is 0 Å². The molecule has 1 unspecified atom stereocenters. The zero-order valence-corrected chi connectivity index (χ0v) is 14.9. The average molecular weight is 358 g/mol. The Labute approximate surface area is 146 Å². The number of hydrogen-bond acceptors (Lipinski definition) is 4. The molecule has 25 heavy (non-hydrogen) atoms. The van der Waals surface area contributed by atoms with Crippen LogP contribution in [0.1, 0.15) is 28.4 Å². The Hall–Kier alpha value is -2.67. The summed E-state index contributed by atoms with van der Waals surface area (Å²) in [5, 5.41) is 2.69. The Morgan fingerprint density at radius 1 is 1.08 bits per heavy atom. The maximum Gasteiger partial charge on any atom is 0.269 e. The van der Waals surface area contributed by atoms with E-state index in [0.29, 0.717) is 9.99 Å². The summed E-state index contributed by atoms with van der Waals surface area (Å²) in [6.45, 7) is 5.20. The summed E-state index contributed by atoms with van der Waals surface area (Å²) in [6, 6.07) is 10.3. The molecule has 0 saturated carbocycles. The van der Waals surface area contributed by atoms with E-state index in [0.717, 1.165) is 11.1 Å². The Morgan fingerprint density at radius 2 is 1.68 bits per heavy atom. The van der Waals surface area contributed by atoms with Gasteiger partial charge in [-0.1, -0.05) is 18.2 Å². The highest BCUT2D eigenvalue weighted by Gasteiger charge is 2.45. The topological polar surface area (TPSA) is 83.6 Å². The second-order valence-corrected chi connectivity index (χ2v) is 7.93. The molecule has 0 bridgehead atoms. The van der Waals surface area contributed by atoms with Crippen molar-refractivity contribution < 1.29 is 18.0 Å². The van der Waals surface area contributed by atoms with Crippen LogP contribution in [0.25, 0.3) is 0 Å². The van der Waals surface area contributed by atoms with Crippen molar-refractivity contribution in [2.24, 2.45) is 0 Å². The number of anilines is 1. The molecule has 3 rings (SSSR count). The summed E-state index contributed by atoms with van der Waals surface area (Å²) >= 11 is 0. The predicted molar refractivity (Wildman–Crippen MR) is 93.8 cm³/mol. The molecule has 1 aliphatic rings. The van der Waals surface area contributed by atoms with Crippen molar-refractivity contribution in [3.8, 4) is 0 Å². The average Bonchev–Trinajstić information content (AvgIpc) is 2.73. The number of benzene rings is 2. The number of aryl methyl sites for hydroxylation is 2. The maximum atomic E-state index is 12.6. The summed E-state index contributed by atoms with van der Waals surface area (Å²) in [6.07, 6.45) is 0. The first kappa shape index (κ1) is 17.2. The molecular weight excluding hydrogens is 340 g/mol. The molecule has 6 nitrogen and oxygen atoms in total. The molecule has 1 aliphatic heterocycles. The van der Waals surface area contributed by atoms with Gasteiger partial charge in [0.2, 0.25) is 5.91 Å². The minimum atomic E-state index is -4.03. The number of nitrogens with one attached hydrogen (secondary N) is 1. The Bertz CT molecular complexity index is 962. The number of rotatable bonds is 3. The van der Waals surface area contributed by atoms with Crippen molar-refractivity contribution in [2.45, 2.75) is 31.7 Å². The maximum absolute atomic E-state index is 12.6. The smallest absolute Gasteiger partial charge is 0.269 e. The minimum absolute atomic E-state index is 0.0638. The van der Waals surface area contributed by atoms with Gasteiger partial charge in [-0.25, -0.2) is 12.7 Å². The molecule has 0 spiro atoms. The third-order valence-corrected chi connectivity index (χ3v) is 5.99. The molecule has 0 fully saturated rings. The molecular formula is C18H18N2O4S. The van der Waals surface area contributed by atoms with Crippen molar-refractivity contribution in [3.63, 3.8) is 0 Å². The first-order valence-corrected chi connectivity index (χ1v) is 9.23. The van der Waals surface area contributed by atoms with E-state index in [9.17, 15) is 18.0 Å². The molecule has 1 heterocycles. The molecule has 0 aliphatic carbocycles. The number of nitrogens with zero attached hydrogens (tertiary/aromatic N) is 1. The SMILES string of the molecule is Cc1cc(C)cc(NC(=O)C(C)N2C(=O)c3ccccc3S2(=O)=O)c1. The number of carbonyl (C=O) groups is 2. The summed E-state index contributed by atoms with van der Waals surface area (Å²) in [5.74, 6) is -1.24. The van der Waals surface area contributed by atoms with E-state index < -0.39 is 27.9 Å². The van der Waals surface area contributed by atoms with Gasteiger partial charge in [-0.15, -0.1) is 0 Å². The van der Waals surface area contributed by atoms with E-state index in [1.165, 1.54) is 19.1 Å². The fourth-order valence-electron chi connectivity index (χ4n) is 2.99. The molecule has 0 radical (unpaired) electrons. The molecule has 0 saturated heterocycles. The first-order valence-electron chi connectivity index (χ1n) is 7.79. The monoisotopic (exact) mass is 358 g/mol. The number of amides is 2. The summed E-state index contributed by atoms with van der Waals surface area (Å²) < 4.78 is 25.9. The van der Waals surface area contributed by atoms with E-state index in [1.54, 1.807) is 24.3 Å². The zero-order chi connectivity index (χ0) is 18.4. The lowest BCUT2D eigenvalue weighted by molar-refractivity contribution is -0.118. The highest BCUT2D eigenvalue weighted by molar-refractivity contribution is 7.90. The lowest BCUT2D eigenvalue weighted by Crippen LogP contribution is -2.45.